The number of aliphatic hydroxyl groups is 3. The minimum atomic E-state index is -0.519. The number of hydrogen-bond donors (Lipinski definition) is 3. The predicted octanol–water partition coefficient (Wildman–Crippen LogP) is -0.0151. The summed E-state index contributed by atoms with van der Waals surface area (Å²) < 4.78 is 11.9. The Bertz CT molecular complexity index is 471. The summed E-state index contributed by atoms with van der Waals surface area (Å²) in [6.07, 6.45) is 3.10. The van der Waals surface area contributed by atoms with Crippen LogP contribution in [0.15, 0.2) is 11.6 Å². The van der Waals surface area contributed by atoms with E-state index in [1.54, 1.807) is 0 Å². The van der Waals surface area contributed by atoms with E-state index in [4.69, 9.17) is 9.47 Å². The maximum Gasteiger partial charge on any atom is 0.126 e. The van der Waals surface area contributed by atoms with Crippen molar-refractivity contribution in [3.05, 3.63) is 11.6 Å². The third-order valence-corrected chi connectivity index (χ3v) is 6.61. The Kier molecular flexibility index (Phi) is 2.54. The molecule has 3 N–H and O–H groups in total. The van der Waals surface area contributed by atoms with Crippen LogP contribution in [0.2, 0.25) is 0 Å². The van der Waals surface area contributed by atoms with E-state index in [2.05, 4.69) is 0 Å². The summed E-state index contributed by atoms with van der Waals surface area (Å²) in [6, 6.07) is 0. The van der Waals surface area contributed by atoms with Crippen LogP contribution in [0.5, 0.6) is 0 Å². The molecule has 2 saturated heterocycles. The number of ether oxygens (including phenoxy) is 2. The van der Waals surface area contributed by atoms with E-state index in [0.29, 0.717) is 19.4 Å². The van der Waals surface area contributed by atoms with Crippen LogP contribution >= 0.6 is 0 Å². The molecular formula is C15H22O5. The summed E-state index contributed by atoms with van der Waals surface area (Å²) in [4.78, 5) is 0. The van der Waals surface area contributed by atoms with Gasteiger partial charge in [-0.15, -0.1) is 0 Å². The van der Waals surface area contributed by atoms with E-state index in [9.17, 15) is 15.3 Å². The van der Waals surface area contributed by atoms with E-state index in [1.165, 1.54) is 0 Å². The van der Waals surface area contributed by atoms with E-state index < -0.39 is 22.5 Å². The molecule has 2 aliphatic carbocycles. The molecule has 2 bridgehead atoms. The van der Waals surface area contributed by atoms with Crippen molar-refractivity contribution in [2.75, 3.05) is 19.8 Å². The van der Waals surface area contributed by atoms with Gasteiger partial charge in [-0.25, -0.2) is 0 Å². The lowest BCUT2D eigenvalue weighted by atomic mass is 9.51. The van der Waals surface area contributed by atoms with Crippen LogP contribution in [0, 0.1) is 10.8 Å². The average Bonchev–Trinajstić information content (AvgIpc) is 3.23. The smallest absolute Gasteiger partial charge is 0.126 e. The fourth-order valence-corrected chi connectivity index (χ4v) is 5.08. The Morgan fingerprint density at radius 2 is 2.15 bits per heavy atom. The summed E-state index contributed by atoms with van der Waals surface area (Å²) in [5.74, 6) is 0. The molecule has 4 aliphatic rings. The van der Waals surface area contributed by atoms with Crippen molar-refractivity contribution >= 4 is 0 Å². The third-order valence-electron chi connectivity index (χ3n) is 6.61. The van der Waals surface area contributed by atoms with Crippen LogP contribution in [0.1, 0.15) is 26.2 Å². The van der Waals surface area contributed by atoms with Crippen molar-refractivity contribution in [3.63, 3.8) is 0 Å². The zero-order valence-corrected chi connectivity index (χ0v) is 11.7. The summed E-state index contributed by atoms with van der Waals surface area (Å²) in [6.45, 7) is 2.66. The molecule has 6 atom stereocenters. The first-order valence-electron chi connectivity index (χ1n) is 7.43. The molecule has 0 radical (unpaired) electrons. The zero-order valence-electron chi connectivity index (χ0n) is 11.7. The SMILES string of the molecule is C[C@]12[C@H](O)C[C@H](O[C@H]3C=C(CO)CC[C@]31CO)C21CO1. The lowest BCUT2D eigenvalue weighted by Gasteiger charge is -2.58. The molecule has 2 heterocycles. The van der Waals surface area contributed by atoms with Gasteiger partial charge in [0.05, 0.1) is 38.1 Å². The molecule has 5 nitrogen and oxygen atoms in total. The average molecular weight is 282 g/mol. The molecule has 5 heteroatoms. The lowest BCUT2D eigenvalue weighted by molar-refractivity contribution is -0.225. The van der Waals surface area contributed by atoms with Gasteiger partial charge in [0.25, 0.3) is 0 Å². The Morgan fingerprint density at radius 3 is 2.75 bits per heavy atom. The fourth-order valence-electron chi connectivity index (χ4n) is 5.08. The van der Waals surface area contributed by atoms with Gasteiger partial charge in [0, 0.05) is 17.3 Å². The molecule has 1 unspecified atom stereocenters. The third kappa shape index (κ3) is 1.19. The van der Waals surface area contributed by atoms with Crippen molar-refractivity contribution in [1.82, 2.24) is 0 Å². The number of epoxide rings is 1. The quantitative estimate of drug-likeness (QED) is 0.490. The first-order valence-corrected chi connectivity index (χ1v) is 7.43. The molecule has 1 spiro atoms. The number of fused-ring (bicyclic) bond motifs is 2. The van der Waals surface area contributed by atoms with Gasteiger partial charge in [0.15, 0.2) is 0 Å². The highest BCUT2D eigenvalue weighted by atomic mass is 16.6. The molecule has 1 saturated carbocycles. The van der Waals surface area contributed by atoms with E-state index in [0.717, 1.165) is 12.0 Å². The maximum absolute atomic E-state index is 10.7. The highest BCUT2D eigenvalue weighted by Gasteiger charge is 2.81. The summed E-state index contributed by atoms with van der Waals surface area (Å²) in [7, 11) is 0. The second-order valence-electron chi connectivity index (χ2n) is 6.97. The predicted molar refractivity (Wildman–Crippen MR) is 70.0 cm³/mol. The van der Waals surface area contributed by atoms with Gasteiger partial charge in [-0.3, -0.25) is 0 Å². The molecule has 20 heavy (non-hydrogen) atoms. The molecule has 112 valence electrons. The highest BCUT2D eigenvalue weighted by molar-refractivity contribution is 5.32. The monoisotopic (exact) mass is 282 g/mol. The second kappa shape index (κ2) is 3.84. The Hall–Kier alpha value is -0.460. The van der Waals surface area contributed by atoms with Gasteiger partial charge in [0.2, 0.25) is 0 Å². The molecule has 0 aromatic heterocycles. The number of aliphatic hydroxyl groups excluding tert-OH is 3. The van der Waals surface area contributed by atoms with E-state index in [-0.39, 0.29) is 25.4 Å². The summed E-state index contributed by atoms with van der Waals surface area (Å²) >= 11 is 0. The molecule has 4 rings (SSSR count). The summed E-state index contributed by atoms with van der Waals surface area (Å²) in [5, 5.41) is 30.2. The molecule has 0 aromatic carbocycles. The van der Waals surface area contributed by atoms with Gasteiger partial charge in [-0.2, -0.15) is 0 Å². The first kappa shape index (κ1) is 13.2. The fraction of sp³-hybridized carbons (Fsp3) is 0.867. The van der Waals surface area contributed by atoms with Crippen molar-refractivity contribution in [1.29, 1.82) is 0 Å². The Labute approximate surface area is 118 Å². The zero-order chi connectivity index (χ0) is 14.2. The molecule has 0 amide bonds. The van der Waals surface area contributed by atoms with Crippen LogP contribution in [0.4, 0.5) is 0 Å². The van der Waals surface area contributed by atoms with Crippen LogP contribution in [-0.2, 0) is 9.47 Å². The van der Waals surface area contributed by atoms with Gasteiger partial charge in [0.1, 0.15) is 5.60 Å². The van der Waals surface area contributed by atoms with Crippen LogP contribution < -0.4 is 0 Å². The van der Waals surface area contributed by atoms with Crippen LogP contribution in [-0.4, -0.2) is 59.1 Å². The molecule has 0 aromatic rings. The van der Waals surface area contributed by atoms with Crippen molar-refractivity contribution in [2.24, 2.45) is 10.8 Å². The van der Waals surface area contributed by atoms with Crippen molar-refractivity contribution in [3.8, 4) is 0 Å². The highest BCUT2D eigenvalue weighted by Crippen LogP contribution is 2.71. The largest absolute Gasteiger partial charge is 0.396 e. The molecule has 3 fully saturated rings. The topological polar surface area (TPSA) is 82.5 Å². The van der Waals surface area contributed by atoms with E-state index >= 15 is 0 Å². The standard InChI is InChI=1S/C15H22O5/c1-13-10(18)5-12(15(13)8-19-15)20-11-4-9(6-16)2-3-14(11,13)7-17/h4,10-12,16-18H,2-3,5-8H2,1H3/t10-,11+,12+,13+,14+,15?/m1/s1. The maximum atomic E-state index is 10.7. The van der Waals surface area contributed by atoms with Gasteiger partial charge in [-0.1, -0.05) is 13.0 Å². The van der Waals surface area contributed by atoms with Crippen LogP contribution in [0.3, 0.4) is 0 Å². The normalized spacial score (nSPS) is 56.6. The first-order chi connectivity index (χ1) is 9.54. The number of hydrogen-bond acceptors (Lipinski definition) is 5. The number of rotatable bonds is 2. The van der Waals surface area contributed by atoms with Crippen molar-refractivity contribution in [2.45, 2.75) is 50.1 Å². The minimum absolute atomic E-state index is 0.0295. The van der Waals surface area contributed by atoms with Gasteiger partial charge >= 0.3 is 0 Å². The minimum Gasteiger partial charge on any atom is -0.396 e. The second-order valence-corrected chi connectivity index (χ2v) is 6.97. The Balaban J connectivity index is 1.85. The molecular weight excluding hydrogens is 260 g/mol. The Morgan fingerprint density at radius 1 is 1.40 bits per heavy atom. The van der Waals surface area contributed by atoms with Gasteiger partial charge in [-0.05, 0) is 18.4 Å². The van der Waals surface area contributed by atoms with Gasteiger partial charge < -0.3 is 24.8 Å². The van der Waals surface area contributed by atoms with Crippen LogP contribution in [0.25, 0.3) is 0 Å². The van der Waals surface area contributed by atoms with E-state index in [1.807, 2.05) is 13.0 Å². The molecule has 2 aliphatic heterocycles. The lowest BCUT2D eigenvalue weighted by Crippen LogP contribution is -2.66. The summed E-state index contributed by atoms with van der Waals surface area (Å²) in [5.41, 5.74) is -0.464. The van der Waals surface area contributed by atoms with Crippen molar-refractivity contribution < 1.29 is 24.8 Å².